The number of rotatable bonds is 7. The maximum Gasteiger partial charge on any atom is 0.220 e. The van der Waals surface area contributed by atoms with Crippen molar-refractivity contribution in [3.8, 4) is 11.3 Å². The van der Waals surface area contributed by atoms with Crippen LogP contribution < -0.4 is 5.32 Å². The van der Waals surface area contributed by atoms with Crippen LogP contribution in [0.1, 0.15) is 38.8 Å². The van der Waals surface area contributed by atoms with Crippen LogP contribution in [0.15, 0.2) is 34.7 Å². The average molecular weight is 330 g/mol. The van der Waals surface area contributed by atoms with Crippen LogP contribution in [-0.4, -0.2) is 28.1 Å². The monoisotopic (exact) mass is 330 g/mol. The van der Waals surface area contributed by atoms with Gasteiger partial charge in [0.05, 0.1) is 11.3 Å². The number of carbonyl (C=O) groups excluding carboxylic acids is 1. The van der Waals surface area contributed by atoms with E-state index >= 15 is 0 Å². The molecule has 0 bridgehead atoms. The zero-order valence-electron chi connectivity index (χ0n) is 14.8. The van der Waals surface area contributed by atoms with Gasteiger partial charge in [0.1, 0.15) is 0 Å². The first-order chi connectivity index (χ1) is 11.3. The highest BCUT2D eigenvalue weighted by Crippen LogP contribution is 2.24. The number of hydrogen-bond acceptors (Lipinski definition) is 4. The topological polar surface area (TPSA) is 75.4 Å². The summed E-state index contributed by atoms with van der Waals surface area (Å²) in [6, 6.07) is 9.79. The lowest BCUT2D eigenvalue weighted by molar-refractivity contribution is -0.122. The van der Waals surface area contributed by atoms with Gasteiger partial charge < -0.3 is 14.8 Å². The fourth-order valence-electron chi connectivity index (χ4n) is 2.21. The van der Waals surface area contributed by atoms with Crippen LogP contribution in [0.3, 0.4) is 0 Å². The van der Waals surface area contributed by atoms with E-state index in [-0.39, 0.29) is 24.8 Å². The number of nitrogens with one attached hydrogen (secondary N) is 1. The molecule has 2 aromatic rings. The summed E-state index contributed by atoms with van der Waals surface area (Å²) in [5.74, 6) is 1.25. The zero-order valence-corrected chi connectivity index (χ0v) is 14.8. The van der Waals surface area contributed by atoms with Crippen LogP contribution in [0.5, 0.6) is 0 Å². The van der Waals surface area contributed by atoms with E-state index < -0.39 is 5.60 Å². The molecule has 130 valence electrons. The summed E-state index contributed by atoms with van der Waals surface area (Å²) >= 11 is 0. The number of benzene rings is 1. The molecule has 0 saturated carbocycles. The number of nitrogens with zero attached hydrogens (tertiary/aromatic N) is 1. The summed E-state index contributed by atoms with van der Waals surface area (Å²) in [7, 11) is 0. The van der Waals surface area contributed by atoms with Crippen molar-refractivity contribution >= 4 is 5.91 Å². The first-order valence-electron chi connectivity index (χ1n) is 8.30. The largest absolute Gasteiger partial charge is 0.440 e. The summed E-state index contributed by atoms with van der Waals surface area (Å²) in [4.78, 5) is 16.4. The van der Waals surface area contributed by atoms with Gasteiger partial charge in [-0.2, -0.15) is 0 Å². The highest BCUT2D eigenvalue weighted by Gasteiger charge is 2.25. The second-order valence-corrected chi connectivity index (χ2v) is 6.68. The molecule has 0 aliphatic heterocycles. The molecule has 1 aromatic heterocycles. The van der Waals surface area contributed by atoms with Crippen molar-refractivity contribution in [1.82, 2.24) is 10.3 Å². The quantitative estimate of drug-likeness (QED) is 0.818. The summed E-state index contributed by atoms with van der Waals surface area (Å²) in [6.45, 7) is 7.71. The van der Waals surface area contributed by atoms with Crippen LogP contribution in [0.2, 0.25) is 0 Å². The van der Waals surface area contributed by atoms with Gasteiger partial charge in [-0.1, -0.05) is 44.2 Å². The third-order valence-corrected chi connectivity index (χ3v) is 4.33. The molecule has 0 radical (unpaired) electrons. The van der Waals surface area contributed by atoms with Gasteiger partial charge in [-0.25, -0.2) is 4.98 Å². The molecule has 0 saturated heterocycles. The minimum Gasteiger partial charge on any atom is -0.440 e. The Balaban J connectivity index is 1.90. The van der Waals surface area contributed by atoms with E-state index in [4.69, 9.17) is 4.42 Å². The minimum atomic E-state index is -0.907. The van der Waals surface area contributed by atoms with Gasteiger partial charge in [-0.05, 0) is 19.8 Å². The van der Waals surface area contributed by atoms with Crippen molar-refractivity contribution in [2.75, 3.05) is 6.54 Å². The van der Waals surface area contributed by atoms with E-state index in [2.05, 4.69) is 10.3 Å². The Hall–Kier alpha value is -2.14. The normalized spacial score (nSPS) is 13.8. The smallest absolute Gasteiger partial charge is 0.220 e. The molecular formula is C19H26N2O3. The number of oxazole rings is 1. The number of carbonyl (C=O) groups is 1. The minimum absolute atomic E-state index is 0.0700. The molecule has 1 unspecified atom stereocenters. The number of amides is 1. The fraction of sp³-hybridized carbons (Fsp3) is 0.474. The van der Waals surface area contributed by atoms with Gasteiger partial charge in [0.2, 0.25) is 5.91 Å². The van der Waals surface area contributed by atoms with E-state index in [9.17, 15) is 9.90 Å². The lowest BCUT2D eigenvalue weighted by atomic mass is 9.92. The zero-order chi connectivity index (χ0) is 17.7. The number of aryl methyl sites for hydroxylation is 2. The predicted molar refractivity (Wildman–Crippen MR) is 93.5 cm³/mol. The van der Waals surface area contributed by atoms with E-state index in [0.717, 1.165) is 17.0 Å². The molecule has 24 heavy (non-hydrogen) atoms. The Bertz CT molecular complexity index is 675. The Labute approximate surface area is 143 Å². The van der Waals surface area contributed by atoms with Gasteiger partial charge in [0, 0.05) is 24.9 Å². The molecular weight excluding hydrogens is 304 g/mol. The number of hydrogen-bond donors (Lipinski definition) is 2. The van der Waals surface area contributed by atoms with Crippen molar-refractivity contribution in [3.05, 3.63) is 41.9 Å². The van der Waals surface area contributed by atoms with Gasteiger partial charge in [0.25, 0.3) is 0 Å². The Kier molecular flexibility index (Phi) is 5.78. The molecule has 5 heteroatoms. The van der Waals surface area contributed by atoms with E-state index in [1.54, 1.807) is 6.92 Å². The second-order valence-electron chi connectivity index (χ2n) is 6.68. The van der Waals surface area contributed by atoms with Crippen molar-refractivity contribution in [1.29, 1.82) is 0 Å². The number of aliphatic hydroxyl groups is 1. The number of aromatic nitrogens is 1. The van der Waals surface area contributed by atoms with Gasteiger partial charge in [-0.3, -0.25) is 4.79 Å². The van der Waals surface area contributed by atoms with Crippen LogP contribution >= 0.6 is 0 Å². The van der Waals surface area contributed by atoms with Crippen molar-refractivity contribution in [2.45, 2.75) is 46.1 Å². The maximum absolute atomic E-state index is 12.0. The van der Waals surface area contributed by atoms with Gasteiger partial charge in [0.15, 0.2) is 11.7 Å². The van der Waals surface area contributed by atoms with Crippen LogP contribution in [0.4, 0.5) is 0 Å². The van der Waals surface area contributed by atoms with Crippen LogP contribution in [-0.2, 0) is 11.2 Å². The molecule has 1 aromatic carbocycles. The third-order valence-electron chi connectivity index (χ3n) is 4.33. The Morgan fingerprint density at radius 3 is 2.62 bits per heavy atom. The molecule has 0 fully saturated rings. The molecule has 1 amide bonds. The van der Waals surface area contributed by atoms with Gasteiger partial charge >= 0.3 is 0 Å². The molecule has 2 N–H and O–H groups in total. The molecule has 1 atom stereocenters. The fourth-order valence-corrected chi connectivity index (χ4v) is 2.21. The van der Waals surface area contributed by atoms with Gasteiger partial charge in [-0.15, -0.1) is 0 Å². The summed E-state index contributed by atoms with van der Waals surface area (Å²) in [6.07, 6.45) is 0.714. The molecule has 0 aliphatic carbocycles. The summed E-state index contributed by atoms with van der Waals surface area (Å²) in [5, 5.41) is 12.9. The highest BCUT2D eigenvalue weighted by molar-refractivity contribution is 5.76. The summed E-state index contributed by atoms with van der Waals surface area (Å²) in [5.41, 5.74) is 0.890. The lowest BCUT2D eigenvalue weighted by Gasteiger charge is -2.27. The first kappa shape index (κ1) is 18.2. The molecule has 2 rings (SSSR count). The Morgan fingerprint density at radius 1 is 1.33 bits per heavy atom. The van der Waals surface area contributed by atoms with Crippen LogP contribution in [0.25, 0.3) is 11.3 Å². The lowest BCUT2D eigenvalue weighted by Crippen LogP contribution is -2.44. The molecule has 1 heterocycles. The van der Waals surface area contributed by atoms with E-state index in [1.165, 1.54) is 0 Å². The van der Waals surface area contributed by atoms with E-state index in [1.807, 2.05) is 51.1 Å². The van der Waals surface area contributed by atoms with E-state index in [0.29, 0.717) is 12.3 Å². The average Bonchev–Trinajstić information content (AvgIpc) is 2.92. The second kappa shape index (κ2) is 7.62. The molecule has 5 nitrogen and oxygen atoms in total. The maximum atomic E-state index is 12.0. The van der Waals surface area contributed by atoms with Crippen molar-refractivity contribution in [3.63, 3.8) is 0 Å². The van der Waals surface area contributed by atoms with Crippen molar-refractivity contribution in [2.24, 2.45) is 5.92 Å². The molecule has 0 aliphatic rings. The van der Waals surface area contributed by atoms with Crippen LogP contribution in [0, 0.1) is 12.8 Å². The highest BCUT2D eigenvalue weighted by atomic mass is 16.4. The third kappa shape index (κ3) is 4.68. The molecule has 0 spiro atoms. The SMILES string of the molecule is Cc1nc(CCC(=O)NCC(C)(O)C(C)C)oc1-c1ccccc1. The predicted octanol–water partition coefficient (Wildman–Crippen LogP) is 3.11. The summed E-state index contributed by atoms with van der Waals surface area (Å²) < 4.78 is 5.79. The Morgan fingerprint density at radius 2 is 2.00 bits per heavy atom. The van der Waals surface area contributed by atoms with Crippen molar-refractivity contribution < 1.29 is 14.3 Å². The first-order valence-corrected chi connectivity index (χ1v) is 8.30. The standard InChI is InChI=1S/C19H26N2O3/c1-13(2)19(4,23)12-20-16(22)10-11-17-21-14(3)18(24-17)15-8-6-5-7-9-15/h5-9,13,23H,10-12H2,1-4H3,(H,20,22).